The molecule has 0 aliphatic rings. The topological polar surface area (TPSA) is 70.4 Å². The molecule has 0 fully saturated rings. The van der Waals surface area contributed by atoms with E-state index in [-0.39, 0.29) is 13.6 Å². The van der Waals surface area contributed by atoms with E-state index in [1.165, 1.54) is 0 Å². The van der Waals surface area contributed by atoms with Gasteiger partial charge >= 0.3 is 0 Å². The van der Waals surface area contributed by atoms with Crippen molar-refractivity contribution in [1.29, 1.82) is 0 Å². The van der Waals surface area contributed by atoms with Crippen LogP contribution in [0.2, 0.25) is 0 Å². The summed E-state index contributed by atoms with van der Waals surface area (Å²) in [5, 5.41) is 11.5. The average molecular weight is 358 g/mol. The molecule has 0 aliphatic heterocycles. The highest BCUT2D eigenvalue weighted by Crippen LogP contribution is 2.21. The first-order valence-corrected chi connectivity index (χ1v) is 7.95. The highest BCUT2D eigenvalue weighted by Gasteiger charge is 2.06. The molecule has 1 heterocycles. The Morgan fingerprint density at radius 3 is 2.46 bits per heavy atom. The zero-order valence-corrected chi connectivity index (χ0v) is 14.3. The zero-order valence-electron chi connectivity index (χ0n) is 14.3. The van der Waals surface area contributed by atoms with Crippen molar-refractivity contribution in [3.63, 3.8) is 0 Å². The molecule has 3 rings (SSSR count). The minimum atomic E-state index is -0.881. The van der Waals surface area contributed by atoms with Gasteiger partial charge in [-0.05, 0) is 36.4 Å². The summed E-state index contributed by atoms with van der Waals surface area (Å²) in [6, 6.07) is 15.2. The summed E-state index contributed by atoms with van der Waals surface area (Å²) < 4.78 is 28.1. The quantitative estimate of drug-likeness (QED) is 0.468. The van der Waals surface area contributed by atoms with Crippen molar-refractivity contribution >= 4 is 5.69 Å². The third kappa shape index (κ3) is 4.56. The predicted octanol–water partition coefficient (Wildman–Crippen LogP) is 3.23. The maximum absolute atomic E-state index is 11.7. The van der Waals surface area contributed by atoms with Crippen LogP contribution in [0.5, 0.6) is 5.75 Å². The van der Waals surface area contributed by atoms with E-state index in [4.69, 9.17) is 9.47 Å². The standard InChI is InChI=1S/C18H19FN4O3/c1-20-15-4-2-14(3-5-15)18-10-23(22-21-18)16-6-8-17(9-7-16)26-13-25-12-24-11-19/h2-10,20H,11-13H2,1H3. The largest absolute Gasteiger partial charge is 0.467 e. The number of rotatable bonds is 9. The van der Waals surface area contributed by atoms with Crippen LogP contribution < -0.4 is 10.1 Å². The molecule has 136 valence electrons. The van der Waals surface area contributed by atoms with Gasteiger partial charge in [0.1, 0.15) is 11.4 Å². The number of nitrogens with one attached hydrogen (secondary N) is 1. The Balaban J connectivity index is 1.61. The molecule has 0 atom stereocenters. The van der Waals surface area contributed by atoms with Crippen LogP contribution in [-0.4, -0.2) is 42.5 Å². The monoisotopic (exact) mass is 358 g/mol. The van der Waals surface area contributed by atoms with E-state index in [0.717, 1.165) is 22.6 Å². The van der Waals surface area contributed by atoms with Gasteiger partial charge in [0.2, 0.25) is 0 Å². The SMILES string of the molecule is CNc1ccc(-c2cn(-c3ccc(OCOCOCF)cc3)nn2)cc1. The fourth-order valence-electron chi connectivity index (χ4n) is 2.26. The Hall–Kier alpha value is -2.97. The van der Waals surface area contributed by atoms with Crippen LogP contribution in [0.15, 0.2) is 54.7 Å². The number of alkyl halides is 1. The summed E-state index contributed by atoms with van der Waals surface area (Å²) in [7, 11) is 1.88. The smallest absolute Gasteiger partial charge is 0.191 e. The predicted molar refractivity (Wildman–Crippen MR) is 94.8 cm³/mol. The number of nitrogens with zero attached hydrogens (tertiary/aromatic N) is 3. The first-order valence-electron chi connectivity index (χ1n) is 7.95. The number of hydrogen-bond donors (Lipinski definition) is 1. The second-order valence-corrected chi connectivity index (χ2v) is 5.27. The molecule has 0 amide bonds. The van der Waals surface area contributed by atoms with Gasteiger partial charge in [-0.1, -0.05) is 17.3 Å². The Morgan fingerprint density at radius 2 is 1.77 bits per heavy atom. The fourth-order valence-corrected chi connectivity index (χ4v) is 2.26. The van der Waals surface area contributed by atoms with E-state index < -0.39 is 6.86 Å². The summed E-state index contributed by atoms with van der Waals surface area (Å²) in [6.45, 7) is -1.05. The van der Waals surface area contributed by atoms with Crippen molar-refractivity contribution in [2.24, 2.45) is 0 Å². The Morgan fingerprint density at radius 1 is 1.00 bits per heavy atom. The van der Waals surface area contributed by atoms with Gasteiger partial charge in [-0.25, -0.2) is 9.07 Å². The second kappa shape index (κ2) is 8.93. The van der Waals surface area contributed by atoms with E-state index in [0.29, 0.717) is 5.75 Å². The Labute approximate surface area is 150 Å². The van der Waals surface area contributed by atoms with Crippen molar-refractivity contribution in [2.75, 3.05) is 32.8 Å². The molecule has 0 spiro atoms. The number of halogens is 1. The normalized spacial score (nSPS) is 10.7. The summed E-state index contributed by atoms with van der Waals surface area (Å²) >= 11 is 0. The molecular formula is C18H19FN4O3. The van der Waals surface area contributed by atoms with Gasteiger partial charge in [0.05, 0.1) is 11.9 Å². The van der Waals surface area contributed by atoms with E-state index in [2.05, 4.69) is 20.4 Å². The molecule has 26 heavy (non-hydrogen) atoms. The van der Waals surface area contributed by atoms with Gasteiger partial charge in [-0.3, -0.25) is 0 Å². The summed E-state index contributed by atoms with van der Waals surface area (Å²) in [4.78, 5) is 0. The van der Waals surface area contributed by atoms with Gasteiger partial charge < -0.3 is 19.5 Å². The second-order valence-electron chi connectivity index (χ2n) is 5.27. The van der Waals surface area contributed by atoms with Crippen molar-refractivity contribution in [3.8, 4) is 22.7 Å². The van der Waals surface area contributed by atoms with Crippen molar-refractivity contribution in [1.82, 2.24) is 15.0 Å². The Kier molecular flexibility index (Phi) is 6.13. The van der Waals surface area contributed by atoms with E-state index in [1.807, 2.05) is 49.6 Å². The number of aromatic nitrogens is 3. The molecule has 0 bridgehead atoms. The van der Waals surface area contributed by atoms with E-state index >= 15 is 0 Å². The van der Waals surface area contributed by atoms with Crippen LogP contribution in [-0.2, 0) is 9.47 Å². The first kappa shape index (κ1) is 17.8. The van der Waals surface area contributed by atoms with Crippen LogP contribution in [0.1, 0.15) is 0 Å². The molecule has 1 aromatic heterocycles. The fraction of sp³-hybridized carbons (Fsp3) is 0.222. The molecule has 1 N–H and O–H groups in total. The number of benzene rings is 2. The highest BCUT2D eigenvalue weighted by atomic mass is 19.1. The number of ether oxygens (including phenoxy) is 3. The maximum atomic E-state index is 11.7. The molecule has 0 aliphatic carbocycles. The van der Waals surface area contributed by atoms with Crippen LogP contribution in [0, 0.1) is 0 Å². The van der Waals surface area contributed by atoms with E-state index in [9.17, 15) is 4.39 Å². The van der Waals surface area contributed by atoms with Crippen molar-refractivity contribution in [2.45, 2.75) is 0 Å². The molecular weight excluding hydrogens is 339 g/mol. The van der Waals surface area contributed by atoms with Crippen LogP contribution in [0.4, 0.5) is 10.1 Å². The molecule has 0 saturated heterocycles. The molecule has 0 saturated carbocycles. The van der Waals surface area contributed by atoms with Crippen molar-refractivity contribution in [3.05, 3.63) is 54.7 Å². The lowest BCUT2D eigenvalue weighted by molar-refractivity contribution is -0.118. The maximum Gasteiger partial charge on any atom is 0.191 e. The molecule has 0 radical (unpaired) electrons. The molecule has 3 aromatic rings. The lowest BCUT2D eigenvalue weighted by Crippen LogP contribution is -2.06. The minimum Gasteiger partial charge on any atom is -0.467 e. The van der Waals surface area contributed by atoms with Gasteiger partial charge in [-0.2, -0.15) is 0 Å². The van der Waals surface area contributed by atoms with Gasteiger partial charge in [0.25, 0.3) is 0 Å². The van der Waals surface area contributed by atoms with Crippen molar-refractivity contribution < 1.29 is 18.6 Å². The number of anilines is 1. The first-order chi connectivity index (χ1) is 12.8. The van der Waals surface area contributed by atoms with Gasteiger partial charge in [-0.15, -0.1) is 5.10 Å². The average Bonchev–Trinajstić information content (AvgIpc) is 3.18. The molecule has 2 aromatic carbocycles. The van der Waals surface area contributed by atoms with Crippen LogP contribution in [0.3, 0.4) is 0 Å². The van der Waals surface area contributed by atoms with Crippen LogP contribution >= 0.6 is 0 Å². The third-order valence-electron chi connectivity index (χ3n) is 3.62. The summed E-state index contributed by atoms with van der Waals surface area (Å²) in [5.41, 5.74) is 3.67. The molecule has 8 heteroatoms. The lowest BCUT2D eigenvalue weighted by atomic mass is 10.1. The minimum absolute atomic E-state index is 0.0184. The van der Waals surface area contributed by atoms with Gasteiger partial charge in [0, 0.05) is 18.3 Å². The van der Waals surface area contributed by atoms with Gasteiger partial charge in [0.15, 0.2) is 20.4 Å². The van der Waals surface area contributed by atoms with Crippen LogP contribution in [0.25, 0.3) is 16.9 Å². The lowest BCUT2D eigenvalue weighted by Gasteiger charge is -2.07. The molecule has 7 nitrogen and oxygen atoms in total. The zero-order chi connectivity index (χ0) is 18.2. The Bertz CT molecular complexity index is 806. The third-order valence-corrected chi connectivity index (χ3v) is 3.62. The number of hydrogen-bond acceptors (Lipinski definition) is 6. The molecule has 0 unspecified atom stereocenters. The summed E-state index contributed by atoms with van der Waals surface area (Å²) in [6.07, 6.45) is 1.86. The summed E-state index contributed by atoms with van der Waals surface area (Å²) in [5.74, 6) is 0.622. The highest BCUT2D eigenvalue weighted by molar-refractivity contribution is 5.62. The van der Waals surface area contributed by atoms with E-state index in [1.54, 1.807) is 16.8 Å².